The van der Waals surface area contributed by atoms with Crippen LogP contribution in [0.1, 0.15) is 24.6 Å². The highest BCUT2D eigenvalue weighted by Gasteiger charge is 2.25. The number of aryl methyl sites for hydroxylation is 1. The molecule has 4 aromatic rings. The van der Waals surface area contributed by atoms with E-state index in [1.807, 2.05) is 31.2 Å². The number of anilines is 1. The molecule has 2 aromatic carbocycles. The van der Waals surface area contributed by atoms with Gasteiger partial charge >= 0.3 is 0 Å². The Hall–Kier alpha value is -3.28. The first-order valence-electron chi connectivity index (χ1n) is 10.1. The van der Waals surface area contributed by atoms with Crippen LogP contribution >= 0.6 is 0 Å². The molecule has 146 valence electrons. The molecule has 6 heteroatoms. The molecular formula is C23H23N5O. The van der Waals surface area contributed by atoms with E-state index in [4.69, 9.17) is 14.5 Å². The van der Waals surface area contributed by atoms with Crippen molar-refractivity contribution in [2.75, 3.05) is 18.0 Å². The summed E-state index contributed by atoms with van der Waals surface area (Å²) in [4.78, 5) is 16.6. The first kappa shape index (κ1) is 17.8. The molecule has 1 saturated heterocycles. The van der Waals surface area contributed by atoms with Crippen molar-refractivity contribution >= 4 is 16.7 Å². The van der Waals surface area contributed by atoms with E-state index < -0.39 is 0 Å². The zero-order valence-electron chi connectivity index (χ0n) is 16.5. The van der Waals surface area contributed by atoms with Crippen molar-refractivity contribution < 1.29 is 4.52 Å². The number of hydrogen-bond acceptors (Lipinski definition) is 6. The van der Waals surface area contributed by atoms with Crippen molar-refractivity contribution in [1.82, 2.24) is 20.1 Å². The van der Waals surface area contributed by atoms with E-state index in [2.05, 4.69) is 45.4 Å². The van der Waals surface area contributed by atoms with Crippen LogP contribution in [0.5, 0.6) is 0 Å². The molecular weight excluding hydrogens is 362 g/mol. The lowest BCUT2D eigenvalue weighted by Crippen LogP contribution is -2.37. The third-order valence-electron chi connectivity index (χ3n) is 5.47. The van der Waals surface area contributed by atoms with Gasteiger partial charge in [0.2, 0.25) is 5.89 Å². The summed E-state index contributed by atoms with van der Waals surface area (Å²) in [5.74, 6) is 3.70. The fourth-order valence-electron chi connectivity index (χ4n) is 4.12. The van der Waals surface area contributed by atoms with Crippen molar-refractivity contribution in [3.05, 3.63) is 66.3 Å². The van der Waals surface area contributed by atoms with Gasteiger partial charge in [-0.1, -0.05) is 47.6 Å². The molecule has 3 heterocycles. The first-order chi connectivity index (χ1) is 14.3. The van der Waals surface area contributed by atoms with E-state index in [9.17, 15) is 0 Å². The second kappa shape index (κ2) is 7.62. The summed E-state index contributed by atoms with van der Waals surface area (Å²) in [6.45, 7) is 3.77. The number of hydrogen-bond donors (Lipinski definition) is 0. The number of rotatable bonds is 4. The van der Waals surface area contributed by atoms with Crippen molar-refractivity contribution in [2.45, 2.75) is 26.2 Å². The smallest absolute Gasteiger partial charge is 0.223 e. The maximum Gasteiger partial charge on any atom is 0.223 e. The Kier molecular flexibility index (Phi) is 4.68. The third kappa shape index (κ3) is 3.70. The van der Waals surface area contributed by atoms with Crippen LogP contribution in [0.4, 0.5) is 5.82 Å². The van der Waals surface area contributed by atoms with Crippen molar-refractivity contribution in [1.29, 1.82) is 0 Å². The molecule has 5 rings (SSSR count). The Morgan fingerprint density at radius 1 is 1.00 bits per heavy atom. The highest BCUT2D eigenvalue weighted by Crippen LogP contribution is 2.31. The van der Waals surface area contributed by atoms with E-state index in [1.54, 1.807) is 0 Å². The fraction of sp³-hybridized carbons (Fsp3) is 0.304. The average Bonchev–Trinajstić information content (AvgIpc) is 3.18. The third-order valence-corrected chi connectivity index (χ3v) is 5.47. The van der Waals surface area contributed by atoms with E-state index in [0.717, 1.165) is 59.9 Å². The molecule has 0 bridgehead atoms. The van der Waals surface area contributed by atoms with Crippen LogP contribution in [0.25, 0.3) is 22.3 Å². The van der Waals surface area contributed by atoms with Gasteiger partial charge in [-0.2, -0.15) is 4.98 Å². The van der Waals surface area contributed by atoms with E-state index in [1.165, 1.54) is 6.42 Å². The van der Waals surface area contributed by atoms with Gasteiger partial charge in [-0.3, -0.25) is 0 Å². The largest absolute Gasteiger partial charge is 0.356 e. The maximum absolute atomic E-state index is 5.14. The summed E-state index contributed by atoms with van der Waals surface area (Å²) in [7, 11) is 0. The molecule has 1 unspecified atom stereocenters. The summed E-state index contributed by atoms with van der Waals surface area (Å²) < 4.78 is 5.14. The van der Waals surface area contributed by atoms with Gasteiger partial charge < -0.3 is 9.42 Å². The number of benzene rings is 2. The lowest BCUT2D eigenvalue weighted by Gasteiger charge is -2.34. The summed E-state index contributed by atoms with van der Waals surface area (Å²) >= 11 is 0. The van der Waals surface area contributed by atoms with Crippen LogP contribution in [0.2, 0.25) is 0 Å². The lowest BCUT2D eigenvalue weighted by molar-refractivity contribution is 0.369. The average molecular weight is 385 g/mol. The molecule has 0 amide bonds. The number of aromatic nitrogens is 4. The maximum atomic E-state index is 5.14. The Morgan fingerprint density at radius 3 is 2.66 bits per heavy atom. The number of fused-ring (bicyclic) bond motifs is 1. The zero-order valence-corrected chi connectivity index (χ0v) is 16.5. The van der Waals surface area contributed by atoms with Crippen LogP contribution < -0.4 is 4.90 Å². The van der Waals surface area contributed by atoms with Gasteiger partial charge in [-0.25, -0.2) is 9.97 Å². The van der Waals surface area contributed by atoms with Gasteiger partial charge in [0, 0.05) is 37.4 Å². The van der Waals surface area contributed by atoms with Crippen LogP contribution in [0, 0.1) is 12.8 Å². The predicted octanol–water partition coefficient (Wildman–Crippen LogP) is 4.45. The Balaban J connectivity index is 1.49. The molecule has 1 atom stereocenters. The predicted molar refractivity (Wildman–Crippen MR) is 113 cm³/mol. The standard InChI is InChI=1S/C23H23N5O/c1-16-24-21(27-29-16)14-17-8-7-13-28(15-17)23-19-11-5-6-12-20(19)25-22(26-23)18-9-3-2-4-10-18/h2-6,9-12,17H,7-8,13-15H2,1H3. The Labute approximate surface area is 169 Å². The summed E-state index contributed by atoms with van der Waals surface area (Å²) in [5.41, 5.74) is 2.02. The first-order valence-corrected chi connectivity index (χ1v) is 10.1. The quantitative estimate of drug-likeness (QED) is 0.517. The normalized spacial score (nSPS) is 17.0. The molecule has 0 N–H and O–H groups in total. The van der Waals surface area contributed by atoms with Gasteiger partial charge in [0.25, 0.3) is 0 Å². The van der Waals surface area contributed by atoms with Crippen molar-refractivity contribution in [3.8, 4) is 11.4 Å². The topological polar surface area (TPSA) is 67.9 Å². The Morgan fingerprint density at radius 2 is 1.83 bits per heavy atom. The highest BCUT2D eigenvalue weighted by molar-refractivity contribution is 5.91. The fourth-order valence-corrected chi connectivity index (χ4v) is 4.12. The molecule has 29 heavy (non-hydrogen) atoms. The summed E-state index contributed by atoms with van der Waals surface area (Å²) in [5, 5.41) is 5.18. The number of nitrogens with zero attached hydrogens (tertiary/aromatic N) is 5. The van der Waals surface area contributed by atoms with E-state index >= 15 is 0 Å². The number of para-hydroxylation sites is 1. The second-order valence-electron chi connectivity index (χ2n) is 7.64. The summed E-state index contributed by atoms with van der Waals surface area (Å²) in [6, 6.07) is 18.5. The molecule has 1 aliphatic heterocycles. The van der Waals surface area contributed by atoms with Crippen LogP contribution in [-0.4, -0.2) is 33.2 Å². The molecule has 1 aliphatic rings. The van der Waals surface area contributed by atoms with Crippen LogP contribution in [-0.2, 0) is 6.42 Å². The van der Waals surface area contributed by atoms with Crippen LogP contribution in [0.15, 0.2) is 59.1 Å². The van der Waals surface area contributed by atoms with Crippen molar-refractivity contribution in [3.63, 3.8) is 0 Å². The number of piperidine rings is 1. The van der Waals surface area contributed by atoms with Gasteiger partial charge in [0.1, 0.15) is 5.82 Å². The van der Waals surface area contributed by atoms with Gasteiger partial charge in [0.05, 0.1) is 5.52 Å². The van der Waals surface area contributed by atoms with Gasteiger partial charge in [-0.15, -0.1) is 0 Å². The van der Waals surface area contributed by atoms with Gasteiger partial charge in [0.15, 0.2) is 11.6 Å². The van der Waals surface area contributed by atoms with Crippen LogP contribution in [0.3, 0.4) is 0 Å². The molecule has 0 spiro atoms. The highest BCUT2D eigenvalue weighted by atomic mass is 16.5. The van der Waals surface area contributed by atoms with Gasteiger partial charge in [-0.05, 0) is 30.9 Å². The Bertz CT molecular complexity index is 1120. The van der Waals surface area contributed by atoms with Crippen molar-refractivity contribution in [2.24, 2.45) is 5.92 Å². The van der Waals surface area contributed by atoms with E-state index in [0.29, 0.717) is 11.8 Å². The monoisotopic (exact) mass is 385 g/mol. The minimum Gasteiger partial charge on any atom is -0.356 e. The minimum absolute atomic E-state index is 0.481. The minimum atomic E-state index is 0.481. The lowest BCUT2D eigenvalue weighted by atomic mass is 9.94. The molecule has 0 saturated carbocycles. The second-order valence-corrected chi connectivity index (χ2v) is 7.64. The molecule has 6 nitrogen and oxygen atoms in total. The molecule has 2 aromatic heterocycles. The molecule has 1 fully saturated rings. The molecule has 0 radical (unpaired) electrons. The summed E-state index contributed by atoms with van der Waals surface area (Å²) in [6.07, 6.45) is 3.13. The van der Waals surface area contributed by atoms with E-state index in [-0.39, 0.29) is 0 Å². The molecule has 0 aliphatic carbocycles. The SMILES string of the molecule is Cc1nc(CC2CCCN(c3nc(-c4ccccc4)nc4ccccc34)C2)no1. The zero-order chi connectivity index (χ0) is 19.6.